The van der Waals surface area contributed by atoms with Gasteiger partial charge in [0.15, 0.2) is 0 Å². The Bertz CT molecular complexity index is 571. The van der Waals surface area contributed by atoms with Crippen molar-refractivity contribution in [1.82, 2.24) is 10.2 Å². The Morgan fingerprint density at radius 1 is 1.38 bits per heavy atom. The molecule has 6 nitrogen and oxygen atoms in total. The highest BCUT2D eigenvalue weighted by molar-refractivity contribution is 6.00. The summed E-state index contributed by atoms with van der Waals surface area (Å²) in [5, 5.41) is 3.11. The van der Waals surface area contributed by atoms with E-state index in [1.165, 1.54) is 14.2 Å². The maximum absolute atomic E-state index is 12.0. The number of benzene rings is 1. The fourth-order valence-electron chi connectivity index (χ4n) is 2.32. The molecule has 6 heteroatoms. The van der Waals surface area contributed by atoms with E-state index in [2.05, 4.69) is 5.32 Å². The maximum atomic E-state index is 12.0. The molecule has 112 valence electrons. The lowest BCUT2D eigenvalue weighted by Gasteiger charge is -2.28. The number of piperidine rings is 1. The fraction of sp³-hybridized carbons (Fsp3) is 0.400. The zero-order chi connectivity index (χ0) is 15.4. The number of imide groups is 1. The summed E-state index contributed by atoms with van der Waals surface area (Å²) in [7, 11) is 2.82. The molecule has 0 radical (unpaired) electrons. The summed E-state index contributed by atoms with van der Waals surface area (Å²) in [5.74, 6) is -0.801. The molecule has 1 atom stereocenters. The van der Waals surface area contributed by atoms with Crippen molar-refractivity contribution in [1.29, 1.82) is 0 Å². The molecular formula is C15H18N2O4. The molecule has 1 aromatic rings. The first-order chi connectivity index (χ1) is 10.0. The van der Waals surface area contributed by atoms with Crippen molar-refractivity contribution in [3.63, 3.8) is 0 Å². The molecule has 0 aliphatic carbocycles. The molecule has 1 aliphatic rings. The molecular weight excluding hydrogens is 272 g/mol. The lowest BCUT2D eigenvalue weighted by atomic mass is 10.0. The van der Waals surface area contributed by atoms with Gasteiger partial charge < -0.3 is 10.1 Å². The Morgan fingerprint density at radius 2 is 2.10 bits per heavy atom. The van der Waals surface area contributed by atoms with Crippen molar-refractivity contribution < 1.29 is 19.1 Å². The van der Waals surface area contributed by atoms with E-state index in [0.29, 0.717) is 24.9 Å². The van der Waals surface area contributed by atoms with Crippen LogP contribution in [0.1, 0.15) is 28.8 Å². The Balaban J connectivity index is 2.05. The van der Waals surface area contributed by atoms with Crippen LogP contribution in [0.15, 0.2) is 24.3 Å². The Labute approximate surface area is 123 Å². The second kappa shape index (κ2) is 6.49. The fourth-order valence-corrected chi connectivity index (χ4v) is 2.32. The minimum absolute atomic E-state index is 0.159. The van der Waals surface area contributed by atoms with Crippen LogP contribution in [0.25, 0.3) is 0 Å². The van der Waals surface area contributed by atoms with Crippen LogP contribution in [-0.2, 0) is 20.9 Å². The Morgan fingerprint density at radius 3 is 2.81 bits per heavy atom. The van der Waals surface area contributed by atoms with Crippen molar-refractivity contribution in [3.05, 3.63) is 35.4 Å². The van der Waals surface area contributed by atoms with Crippen molar-refractivity contribution in [2.45, 2.75) is 25.4 Å². The van der Waals surface area contributed by atoms with Gasteiger partial charge in [-0.05, 0) is 18.1 Å². The molecule has 1 saturated heterocycles. The van der Waals surface area contributed by atoms with Gasteiger partial charge in [0.25, 0.3) is 0 Å². The minimum atomic E-state index is -0.408. The van der Waals surface area contributed by atoms with Gasteiger partial charge in [0.2, 0.25) is 11.8 Å². The highest BCUT2D eigenvalue weighted by atomic mass is 16.5. The third-order valence-electron chi connectivity index (χ3n) is 3.61. The summed E-state index contributed by atoms with van der Waals surface area (Å²) in [6.07, 6.45) is 0.820. The van der Waals surface area contributed by atoms with Gasteiger partial charge in [-0.1, -0.05) is 18.2 Å². The SMILES string of the molecule is COC(=O)c1ccccc1CNC1CCC(=O)N(C)C1=O. The molecule has 2 rings (SSSR count). The largest absolute Gasteiger partial charge is 0.465 e. The van der Waals surface area contributed by atoms with Crippen LogP contribution in [0.3, 0.4) is 0 Å². The van der Waals surface area contributed by atoms with E-state index >= 15 is 0 Å². The van der Waals surface area contributed by atoms with Crippen LogP contribution in [0.5, 0.6) is 0 Å². The Kier molecular flexibility index (Phi) is 4.70. The minimum Gasteiger partial charge on any atom is -0.465 e. The van der Waals surface area contributed by atoms with Gasteiger partial charge in [0.1, 0.15) is 0 Å². The molecule has 1 aliphatic heterocycles. The summed E-state index contributed by atoms with van der Waals surface area (Å²) < 4.78 is 4.73. The van der Waals surface area contributed by atoms with Crippen LogP contribution >= 0.6 is 0 Å². The van der Waals surface area contributed by atoms with Crippen LogP contribution in [0.4, 0.5) is 0 Å². The highest BCUT2D eigenvalue weighted by Gasteiger charge is 2.31. The molecule has 0 spiro atoms. The van der Waals surface area contributed by atoms with E-state index in [-0.39, 0.29) is 11.8 Å². The van der Waals surface area contributed by atoms with Gasteiger partial charge in [0.05, 0.1) is 18.7 Å². The molecule has 21 heavy (non-hydrogen) atoms. The number of amides is 2. The lowest BCUT2D eigenvalue weighted by Crippen LogP contribution is -2.51. The number of carbonyl (C=O) groups excluding carboxylic acids is 3. The molecule has 1 heterocycles. The number of nitrogens with one attached hydrogen (secondary N) is 1. The second-order valence-corrected chi connectivity index (χ2v) is 4.91. The van der Waals surface area contributed by atoms with Gasteiger partial charge in [-0.25, -0.2) is 4.79 Å². The van der Waals surface area contributed by atoms with Gasteiger partial charge in [-0.2, -0.15) is 0 Å². The van der Waals surface area contributed by atoms with Crippen LogP contribution in [-0.4, -0.2) is 42.9 Å². The van der Waals surface area contributed by atoms with Crippen LogP contribution in [0, 0.1) is 0 Å². The molecule has 1 aromatic carbocycles. The number of ether oxygens (including phenoxy) is 1. The van der Waals surface area contributed by atoms with E-state index in [0.717, 1.165) is 10.5 Å². The highest BCUT2D eigenvalue weighted by Crippen LogP contribution is 2.14. The monoisotopic (exact) mass is 290 g/mol. The number of likely N-dealkylation sites (N-methyl/N-ethyl adjacent to an activating group) is 1. The number of carbonyl (C=O) groups is 3. The number of nitrogens with zero attached hydrogens (tertiary/aromatic N) is 1. The van der Waals surface area contributed by atoms with E-state index in [4.69, 9.17) is 4.74 Å². The average molecular weight is 290 g/mol. The van der Waals surface area contributed by atoms with Crippen LogP contribution < -0.4 is 5.32 Å². The summed E-state index contributed by atoms with van der Waals surface area (Å²) in [6.45, 7) is 0.365. The zero-order valence-corrected chi connectivity index (χ0v) is 12.1. The van der Waals surface area contributed by atoms with Gasteiger partial charge in [-0.3, -0.25) is 14.5 Å². The van der Waals surface area contributed by atoms with Gasteiger partial charge in [0, 0.05) is 20.0 Å². The van der Waals surface area contributed by atoms with E-state index in [9.17, 15) is 14.4 Å². The number of esters is 1. The van der Waals surface area contributed by atoms with Crippen molar-refractivity contribution in [2.75, 3.05) is 14.2 Å². The Hall–Kier alpha value is -2.21. The molecule has 0 bridgehead atoms. The quantitative estimate of drug-likeness (QED) is 0.653. The number of hydrogen-bond donors (Lipinski definition) is 1. The zero-order valence-electron chi connectivity index (χ0n) is 12.1. The standard InChI is InChI=1S/C15H18N2O4/c1-17-13(18)8-7-12(14(17)19)16-9-10-5-3-4-6-11(10)15(20)21-2/h3-6,12,16H,7-9H2,1-2H3. The topological polar surface area (TPSA) is 75.7 Å². The normalized spacial score (nSPS) is 18.8. The summed E-state index contributed by atoms with van der Waals surface area (Å²) in [6, 6.07) is 6.66. The molecule has 1 unspecified atom stereocenters. The van der Waals surface area contributed by atoms with Crippen molar-refractivity contribution >= 4 is 17.8 Å². The summed E-state index contributed by atoms with van der Waals surface area (Å²) in [4.78, 5) is 36.2. The smallest absolute Gasteiger partial charge is 0.338 e. The molecule has 1 fully saturated rings. The summed E-state index contributed by atoms with van der Waals surface area (Å²) in [5.41, 5.74) is 1.23. The summed E-state index contributed by atoms with van der Waals surface area (Å²) >= 11 is 0. The predicted molar refractivity (Wildman–Crippen MR) is 75.4 cm³/mol. The van der Waals surface area contributed by atoms with Crippen LogP contribution in [0.2, 0.25) is 0 Å². The number of methoxy groups -OCH3 is 1. The molecule has 0 aromatic heterocycles. The second-order valence-electron chi connectivity index (χ2n) is 4.91. The molecule has 0 saturated carbocycles. The lowest BCUT2D eigenvalue weighted by molar-refractivity contribution is -0.148. The first-order valence-electron chi connectivity index (χ1n) is 6.74. The molecule has 1 N–H and O–H groups in total. The first kappa shape index (κ1) is 15.2. The van der Waals surface area contributed by atoms with E-state index < -0.39 is 12.0 Å². The number of likely N-dealkylation sites (tertiary alicyclic amines) is 1. The van der Waals surface area contributed by atoms with Crippen molar-refractivity contribution in [3.8, 4) is 0 Å². The number of rotatable bonds is 4. The molecule has 2 amide bonds. The number of hydrogen-bond acceptors (Lipinski definition) is 5. The third kappa shape index (κ3) is 3.28. The van der Waals surface area contributed by atoms with E-state index in [1.807, 2.05) is 6.07 Å². The average Bonchev–Trinajstić information content (AvgIpc) is 2.51. The van der Waals surface area contributed by atoms with E-state index in [1.54, 1.807) is 18.2 Å². The van der Waals surface area contributed by atoms with Gasteiger partial charge in [-0.15, -0.1) is 0 Å². The first-order valence-corrected chi connectivity index (χ1v) is 6.74. The predicted octanol–water partition coefficient (Wildman–Crippen LogP) is 0.710. The van der Waals surface area contributed by atoms with Crippen molar-refractivity contribution in [2.24, 2.45) is 0 Å². The third-order valence-corrected chi connectivity index (χ3v) is 3.61. The van der Waals surface area contributed by atoms with Gasteiger partial charge >= 0.3 is 5.97 Å². The maximum Gasteiger partial charge on any atom is 0.338 e.